The average molecular weight is 547 g/mol. The van der Waals surface area contributed by atoms with E-state index in [0.29, 0.717) is 0 Å². The Hall–Kier alpha value is -1.80. The Morgan fingerprint density at radius 1 is 1.25 bits per heavy atom. The van der Waals surface area contributed by atoms with Crippen LogP contribution in [-0.2, 0) is 6.42 Å². The standard InChI is InChI=1S/C22H20BrIN4/c1-3-16-13-26-22-19(9-7-14(2)24)27-21(18-6-4-5-11-25-18)17-12-15(23)8-10-20(17)28(16)22/h4-6,8,10-13,19H,2-3,7,9H2,1H3/t19-/m0/s1. The second kappa shape index (κ2) is 8.29. The van der Waals surface area contributed by atoms with Crippen LogP contribution >= 0.6 is 38.5 Å². The third-order valence-corrected chi connectivity index (χ3v) is 5.89. The second-order valence-electron chi connectivity index (χ2n) is 6.72. The fourth-order valence-electron chi connectivity index (χ4n) is 3.54. The minimum atomic E-state index is -0.0463. The lowest BCUT2D eigenvalue weighted by molar-refractivity contribution is 0.612. The molecule has 0 bridgehead atoms. The highest BCUT2D eigenvalue weighted by Gasteiger charge is 2.28. The number of hydrogen-bond donors (Lipinski definition) is 0. The molecule has 0 aliphatic carbocycles. The number of aliphatic imine (C=N–C) groups is 1. The van der Waals surface area contributed by atoms with Crippen molar-refractivity contribution in [3.05, 3.63) is 86.2 Å². The topological polar surface area (TPSA) is 43.1 Å². The first-order chi connectivity index (χ1) is 13.6. The van der Waals surface area contributed by atoms with Crippen LogP contribution in [0.1, 0.15) is 48.6 Å². The van der Waals surface area contributed by atoms with Gasteiger partial charge in [0, 0.05) is 28.1 Å². The molecule has 4 rings (SSSR count). The van der Waals surface area contributed by atoms with Crippen molar-refractivity contribution in [2.24, 2.45) is 4.99 Å². The summed E-state index contributed by atoms with van der Waals surface area (Å²) in [6.07, 6.45) is 6.48. The molecule has 0 saturated heterocycles. The van der Waals surface area contributed by atoms with E-state index in [1.54, 1.807) is 0 Å². The number of allylic oxidation sites excluding steroid dienone is 1. The van der Waals surface area contributed by atoms with Crippen molar-refractivity contribution in [3.8, 4) is 5.69 Å². The van der Waals surface area contributed by atoms with E-state index in [1.807, 2.05) is 30.6 Å². The van der Waals surface area contributed by atoms with E-state index in [0.717, 1.165) is 55.8 Å². The van der Waals surface area contributed by atoms with Gasteiger partial charge in [0.15, 0.2) is 0 Å². The summed E-state index contributed by atoms with van der Waals surface area (Å²) >= 11 is 5.93. The molecular weight excluding hydrogens is 527 g/mol. The van der Waals surface area contributed by atoms with E-state index in [2.05, 4.69) is 79.8 Å². The van der Waals surface area contributed by atoms with E-state index in [1.165, 1.54) is 5.69 Å². The molecule has 6 heteroatoms. The molecule has 0 amide bonds. The van der Waals surface area contributed by atoms with Gasteiger partial charge in [-0.25, -0.2) is 4.98 Å². The highest BCUT2D eigenvalue weighted by molar-refractivity contribution is 14.1. The van der Waals surface area contributed by atoms with Gasteiger partial charge in [-0.1, -0.05) is 35.5 Å². The summed E-state index contributed by atoms with van der Waals surface area (Å²) < 4.78 is 4.43. The van der Waals surface area contributed by atoms with Crippen molar-refractivity contribution in [1.29, 1.82) is 0 Å². The van der Waals surface area contributed by atoms with Crippen LogP contribution in [0.3, 0.4) is 0 Å². The fraction of sp³-hybridized carbons (Fsp3) is 0.227. The van der Waals surface area contributed by atoms with Gasteiger partial charge in [0.05, 0.1) is 17.1 Å². The van der Waals surface area contributed by atoms with Crippen LogP contribution in [0.5, 0.6) is 0 Å². The molecule has 0 spiro atoms. The van der Waals surface area contributed by atoms with Crippen LogP contribution in [0, 0.1) is 0 Å². The zero-order valence-electron chi connectivity index (χ0n) is 15.6. The molecule has 0 N–H and O–H groups in total. The van der Waals surface area contributed by atoms with Crippen molar-refractivity contribution in [3.63, 3.8) is 0 Å². The number of fused-ring (bicyclic) bond motifs is 3. The largest absolute Gasteiger partial charge is 0.298 e. The molecule has 1 aliphatic rings. The smallest absolute Gasteiger partial charge is 0.138 e. The van der Waals surface area contributed by atoms with E-state index in [-0.39, 0.29) is 6.04 Å². The Labute approximate surface area is 187 Å². The summed E-state index contributed by atoms with van der Waals surface area (Å²) in [5.41, 5.74) is 5.15. The number of hydrogen-bond acceptors (Lipinski definition) is 3. The summed E-state index contributed by atoms with van der Waals surface area (Å²) in [5.74, 6) is 0.990. The van der Waals surface area contributed by atoms with Crippen molar-refractivity contribution < 1.29 is 0 Å². The number of nitrogens with zero attached hydrogens (tertiary/aromatic N) is 4. The zero-order chi connectivity index (χ0) is 19.7. The molecule has 28 heavy (non-hydrogen) atoms. The summed E-state index contributed by atoms with van der Waals surface area (Å²) in [7, 11) is 0. The number of pyridine rings is 1. The molecule has 3 heterocycles. The second-order valence-corrected chi connectivity index (χ2v) is 9.16. The average Bonchev–Trinajstić information content (AvgIpc) is 3.07. The Kier molecular flexibility index (Phi) is 5.78. The van der Waals surface area contributed by atoms with Crippen LogP contribution < -0.4 is 0 Å². The molecule has 0 radical (unpaired) electrons. The first-order valence-corrected chi connectivity index (χ1v) is 11.1. The SMILES string of the molecule is C=C(I)CC[C@@H]1N=C(c2ccccn2)c2cc(Br)ccc2-n2c(CC)cnc21. The third kappa shape index (κ3) is 3.72. The highest BCUT2D eigenvalue weighted by atomic mass is 127. The van der Waals surface area contributed by atoms with Gasteiger partial charge in [-0.3, -0.25) is 14.5 Å². The molecule has 4 nitrogen and oxygen atoms in total. The predicted octanol–water partition coefficient (Wildman–Crippen LogP) is 6.21. The first-order valence-electron chi connectivity index (χ1n) is 9.27. The molecule has 1 aliphatic heterocycles. The minimum Gasteiger partial charge on any atom is -0.298 e. The van der Waals surface area contributed by atoms with Crippen LogP contribution in [0.2, 0.25) is 0 Å². The number of halogens is 2. The maximum absolute atomic E-state index is 5.19. The Morgan fingerprint density at radius 2 is 2.11 bits per heavy atom. The number of rotatable bonds is 5. The number of aryl methyl sites for hydroxylation is 1. The van der Waals surface area contributed by atoms with Gasteiger partial charge in [-0.05, 0) is 75.8 Å². The van der Waals surface area contributed by atoms with Gasteiger partial charge < -0.3 is 0 Å². The molecule has 3 aromatic rings. The molecule has 142 valence electrons. The zero-order valence-corrected chi connectivity index (χ0v) is 19.3. The molecule has 2 aromatic heterocycles. The van der Waals surface area contributed by atoms with Crippen molar-refractivity contribution in [2.75, 3.05) is 0 Å². The molecular formula is C22H20BrIN4. The summed E-state index contributed by atoms with van der Waals surface area (Å²) in [6, 6.07) is 12.3. The van der Waals surface area contributed by atoms with Crippen molar-refractivity contribution in [2.45, 2.75) is 32.2 Å². The first kappa shape index (κ1) is 19.5. The van der Waals surface area contributed by atoms with Gasteiger partial charge in [0.2, 0.25) is 0 Å². The molecule has 1 aromatic carbocycles. The predicted molar refractivity (Wildman–Crippen MR) is 126 cm³/mol. The Bertz CT molecular complexity index is 1060. The fourth-order valence-corrected chi connectivity index (χ4v) is 4.21. The Balaban J connectivity index is 1.98. The van der Waals surface area contributed by atoms with Crippen molar-refractivity contribution in [1.82, 2.24) is 14.5 Å². The number of imidazole rings is 1. The van der Waals surface area contributed by atoms with Gasteiger partial charge >= 0.3 is 0 Å². The number of benzene rings is 1. The minimum absolute atomic E-state index is 0.0463. The van der Waals surface area contributed by atoms with Crippen LogP contribution in [-0.4, -0.2) is 20.2 Å². The normalized spacial score (nSPS) is 15.4. The molecule has 0 unspecified atom stereocenters. The van der Waals surface area contributed by atoms with Crippen LogP contribution in [0.15, 0.2) is 68.4 Å². The molecule has 0 fully saturated rings. The van der Waals surface area contributed by atoms with Gasteiger partial charge in [-0.15, -0.1) is 0 Å². The summed E-state index contributed by atoms with van der Waals surface area (Å²) in [4.78, 5) is 14.6. The van der Waals surface area contributed by atoms with Gasteiger partial charge in [-0.2, -0.15) is 0 Å². The number of aromatic nitrogens is 3. The van der Waals surface area contributed by atoms with E-state index in [4.69, 9.17) is 9.98 Å². The maximum Gasteiger partial charge on any atom is 0.138 e. The lowest BCUT2D eigenvalue weighted by Gasteiger charge is -2.15. The van der Waals surface area contributed by atoms with E-state index in [9.17, 15) is 0 Å². The maximum atomic E-state index is 5.19. The van der Waals surface area contributed by atoms with E-state index >= 15 is 0 Å². The molecule has 1 atom stereocenters. The quantitative estimate of drug-likeness (QED) is 0.357. The molecule has 0 saturated carbocycles. The lowest BCUT2D eigenvalue weighted by Crippen LogP contribution is -2.10. The van der Waals surface area contributed by atoms with Crippen LogP contribution in [0.25, 0.3) is 5.69 Å². The van der Waals surface area contributed by atoms with Crippen LogP contribution in [0.4, 0.5) is 0 Å². The van der Waals surface area contributed by atoms with E-state index < -0.39 is 0 Å². The monoisotopic (exact) mass is 546 g/mol. The van der Waals surface area contributed by atoms with Crippen molar-refractivity contribution >= 4 is 44.2 Å². The summed E-state index contributed by atoms with van der Waals surface area (Å²) in [5, 5.41) is 0. The summed E-state index contributed by atoms with van der Waals surface area (Å²) in [6.45, 7) is 6.22. The lowest BCUT2D eigenvalue weighted by atomic mass is 10.0. The highest BCUT2D eigenvalue weighted by Crippen LogP contribution is 2.35. The van der Waals surface area contributed by atoms with Gasteiger partial charge in [0.1, 0.15) is 11.9 Å². The van der Waals surface area contributed by atoms with Gasteiger partial charge in [0.25, 0.3) is 0 Å². The Morgan fingerprint density at radius 3 is 2.82 bits per heavy atom. The third-order valence-electron chi connectivity index (χ3n) is 4.86.